The van der Waals surface area contributed by atoms with E-state index in [2.05, 4.69) is 21.2 Å². The lowest BCUT2D eigenvalue weighted by molar-refractivity contribution is 0.103. The van der Waals surface area contributed by atoms with Crippen molar-refractivity contribution in [1.29, 1.82) is 0 Å². The highest BCUT2D eigenvalue weighted by atomic mass is 79.9. The van der Waals surface area contributed by atoms with Crippen LogP contribution in [-0.4, -0.2) is 12.8 Å². The Morgan fingerprint density at radius 1 is 0.952 bits per heavy atom. The van der Waals surface area contributed by atoms with Crippen LogP contribution < -0.4 is 5.32 Å². The summed E-state index contributed by atoms with van der Waals surface area (Å²) in [6.45, 7) is 0. The van der Waals surface area contributed by atoms with Crippen LogP contribution in [0.15, 0.2) is 65.1 Å². The number of nitrogens with one attached hydrogen (secondary N) is 1. The molecule has 0 aromatic heterocycles. The van der Waals surface area contributed by atoms with E-state index in [4.69, 9.17) is 0 Å². The van der Waals surface area contributed by atoms with Gasteiger partial charge in [-0.3, -0.25) is 4.79 Å². The minimum atomic E-state index is 0.0198. The van der Waals surface area contributed by atoms with Gasteiger partial charge in [0.15, 0.2) is 5.78 Å². The van der Waals surface area contributed by atoms with E-state index in [0.717, 1.165) is 20.9 Å². The molecule has 3 aromatic rings. The van der Waals surface area contributed by atoms with Crippen molar-refractivity contribution >= 4 is 38.2 Å². The van der Waals surface area contributed by atoms with Crippen LogP contribution >= 0.6 is 15.9 Å². The Morgan fingerprint density at radius 3 is 2.48 bits per heavy atom. The third kappa shape index (κ3) is 2.69. The number of carbonyl (C=O) groups excluding carboxylic acids is 1. The van der Waals surface area contributed by atoms with Crippen molar-refractivity contribution < 1.29 is 4.79 Å². The molecule has 21 heavy (non-hydrogen) atoms. The Bertz CT molecular complexity index is 826. The van der Waals surface area contributed by atoms with E-state index in [-0.39, 0.29) is 5.78 Å². The molecular formula is C18H14BrNO. The summed E-state index contributed by atoms with van der Waals surface area (Å²) in [4.78, 5) is 12.8. The Hall–Kier alpha value is -2.13. The summed E-state index contributed by atoms with van der Waals surface area (Å²) in [7, 11) is 1.82. The summed E-state index contributed by atoms with van der Waals surface area (Å²) in [6.07, 6.45) is 0. The van der Waals surface area contributed by atoms with Gasteiger partial charge in [-0.05, 0) is 35.0 Å². The minimum Gasteiger partial charge on any atom is -0.388 e. The topological polar surface area (TPSA) is 29.1 Å². The molecule has 0 spiro atoms. The summed E-state index contributed by atoms with van der Waals surface area (Å²) in [5.41, 5.74) is 2.20. The van der Waals surface area contributed by atoms with Crippen molar-refractivity contribution in [3.8, 4) is 0 Å². The first-order valence-electron chi connectivity index (χ1n) is 6.70. The molecule has 3 rings (SSSR count). The lowest BCUT2D eigenvalue weighted by Crippen LogP contribution is -2.05. The maximum Gasteiger partial charge on any atom is 0.195 e. The summed E-state index contributed by atoms with van der Waals surface area (Å²) < 4.78 is 0.894. The van der Waals surface area contributed by atoms with Gasteiger partial charge in [-0.2, -0.15) is 0 Å². The quantitative estimate of drug-likeness (QED) is 0.689. The van der Waals surface area contributed by atoms with E-state index in [1.165, 1.54) is 0 Å². The molecule has 3 aromatic carbocycles. The minimum absolute atomic E-state index is 0.0198. The Balaban J connectivity index is 2.10. The van der Waals surface area contributed by atoms with Gasteiger partial charge in [0, 0.05) is 28.3 Å². The summed E-state index contributed by atoms with van der Waals surface area (Å²) in [5.74, 6) is 0.0198. The van der Waals surface area contributed by atoms with Crippen LogP contribution in [0.4, 0.5) is 5.69 Å². The van der Waals surface area contributed by atoms with Gasteiger partial charge in [0.2, 0.25) is 0 Å². The Kier molecular flexibility index (Phi) is 3.76. The number of fused-ring (bicyclic) bond motifs is 1. The molecule has 3 heteroatoms. The number of hydrogen-bond donors (Lipinski definition) is 1. The predicted molar refractivity (Wildman–Crippen MR) is 91.1 cm³/mol. The number of anilines is 1. The van der Waals surface area contributed by atoms with Crippen molar-refractivity contribution in [2.45, 2.75) is 0 Å². The average Bonchev–Trinajstić information content (AvgIpc) is 2.53. The first kappa shape index (κ1) is 13.8. The van der Waals surface area contributed by atoms with Gasteiger partial charge >= 0.3 is 0 Å². The number of ketones is 1. The SMILES string of the molecule is CNc1ccc(Br)cc1C(=O)c1ccc2ccccc2c1. The second-order valence-electron chi connectivity index (χ2n) is 4.83. The van der Waals surface area contributed by atoms with Gasteiger partial charge in [-0.15, -0.1) is 0 Å². The fourth-order valence-electron chi connectivity index (χ4n) is 2.41. The number of carbonyl (C=O) groups is 1. The highest BCUT2D eigenvalue weighted by molar-refractivity contribution is 9.10. The smallest absolute Gasteiger partial charge is 0.195 e. The Morgan fingerprint density at radius 2 is 1.71 bits per heavy atom. The zero-order valence-corrected chi connectivity index (χ0v) is 13.1. The van der Waals surface area contributed by atoms with Crippen molar-refractivity contribution in [1.82, 2.24) is 0 Å². The highest BCUT2D eigenvalue weighted by Gasteiger charge is 2.14. The molecule has 0 atom stereocenters. The molecule has 0 radical (unpaired) electrons. The summed E-state index contributed by atoms with van der Waals surface area (Å²) in [6, 6.07) is 19.5. The molecule has 0 fully saturated rings. The molecule has 0 heterocycles. The van der Waals surface area contributed by atoms with Crippen molar-refractivity contribution in [2.75, 3.05) is 12.4 Å². The first-order chi connectivity index (χ1) is 10.2. The van der Waals surface area contributed by atoms with E-state index in [0.29, 0.717) is 11.1 Å². The first-order valence-corrected chi connectivity index (χ1v) is 7.49. The molecule has 0 aliphatic heterocycles. The molecule has 104 valence electrons. The normalized spacial score (nSPS) is 10.6. The van der Waals surface area contributed by atoms with Crippen LogP contribution in [-0.2, 0) is 0 Å². The highest BCUT2D eigenvalue weighted by Crippen LogP contribution is 2.25. The fraction of sp³-hybridized carbons (Fsp3) is 0.0556. The molecule has 0 aliphatic carbocycles. The lowest BCUT2D eigenvalue weighted by Gasteiger charge is -2.09. The predicted octanol–water partition coefficient (Wildman–Crippen LogP) is 4.88. The molecule has 0 saturated heterocycles. The van der Waals surface area contributed by atoms with Gasteiger partial charge in [0.05, 0.1) is 0 Å². The second-order valence-corrected chi connectivity index (χ2v) is 5.75. The molecule has 0 bridgehead atoms. The third-order valence-corrected chi connectivity index (χ3v) is 4.00. The van der Waals surface area contributed by atoms with Crippen molar-refractivity contribution in [3.63, 3.8) is 0 Å². The van der Waals surface area contributed by atoms with Gasteiger partial charge in [0.1, 0.15) is 0 Å². The maximum absolute atomic E-state index is 12.8. The van der Waals surface area contributed by atoms with Gasteiger partial charge < -0.3 is 5.32 Å². The largest absolute Gasteiger partial charge is 0.388 e. The van der Waals surface area contributed by atoms with Crippen LogP contribution in [0.3, 0.4) is 0 Å². The molecule has 1 N–H and O–H groups in total. The Labute approximate surface area is 131 Å². The van der Waals surface area contributed by atoms with Crippen LogP contribution in [0.5, 0.6) is 0 Å². The van der Waals surface area contributed by atoms with Gasteiger partial charge in [-0.25, -0.2) is 0 Å². The summed E-state index contributed by atoms with van der Waals surface area (Å²) in [5, 5.41) is 5.28. The third-order valence-electron chi connectivity index (χ3n) is 3.51. The standard InChI is InChI=1S/C18H14BrNO/c1-20-17-9-8-15(19)11-16(17)18(21)14-7-6-12-4-2-3-5-13(12)10-14/h2-11,20H,1H3. The van der Waals surface area contributed by atoms with Crippen LogP contribution in [0.1, 0.15) is 15.9 Å². The van der Waals surface area contributed by atoms with Gasteiger partial charge in [-0.1, -0.05) is 52.3 Å². The van der Waals surface area contributed by atoms with Crippen LogP contribution in [0.25, 0.3) is 10.8 Å². The van der Waals surface area contributed by atoms with E-state index < -0.39 is 0 Å². The van der Waals surface area contributed by atoms with E-state index in [1.807, 2.05) is 67.7 Å². The zero-order valence-electron chi connectivity index (χ0n) is 11.6. The van der Waals surface area contributed by atoms with Gasteiger partial charge in [0.25, 0.3) is 0 Å². The zero-order chi connectivity index (χ0) is 14.8. The number of hydrogen-bond acceptors (Lipinski definition) is 2. The van der Waals surface area contributed by atoms with E-state index >= 15 is 0 Å². The number of benzene rings is 3. The second kappa shape index (κ2) is 5.70. The molecule has 0 amide bonds. The molecule has 0 unspecified atom stereocenters. The maximum atomic E-state index is 12.8. The molecular weight excluding hydrogens is 326 g/mol. The molecule has 0 aliphatic rings. The molecule has 2 nitrogen and oxygen atoms in total. The fourth-order valence-corrected chi connectivity index (χ4v) is 2.77. The van der Waals surface area contributed by atoms with E-state index in [1.54, 1.807) is 0 Å². The molecule has 0 saturated carbocycles. The average molecular weight is 340 g/mol. The lowest BCUT2D eigenvalue weighted by atomic mass is 9.99. The van der Waals surface area contributed by atoms with E-state index in [9.17, 15) is 4.79 Å². The number of halogens is 1. The van der Waals surface area contributed by atoms with Crippen LogP contribution in [0, 0.1) is 0 Å². The number of rotatable bonds is 3. The van der Waals surface area contributed by atoms with Crippen molar-refractivity contribution in [3.05, 3.63) is 76.3 Å². The summed E-state index contributed by atoms with van der Waals surface area (Å²) >= 11 is 3.43. The van der Waals surface area contributed by atoms with Crippen LogP contribution in [0.2, 0.25) is 0 Å². The monoisotopic (exact) mass is 339 g/mol. The van der Waals surface area contributed by atoms with Crippen molar-refractivity contribution in [2.24, 2.45) is 0 Å².